The monoisotopic (exact) mass is 308 g/mol. The zero-order valence-corrected chi connectivity index (χ0v) is 11.9. The van der Waals surface area contributed by atoms with Crippen LogP contribution < -0.4 is 34.0 Å². The zero-order chi connectivity index (χ0) is 5.82. The van der Waals surface area contributed by atoms with Crippen LogP contribution in [-0.2, 0) is 6.42 Å². The van der Waals surface area contributed by atoms with Gasteiger partial charge in [0.25, 0.3) is 0 Å². The Morgan fingerprint density at radius 2 is 2.00 bits per heavy atom. The van der Waals surface area contributed by atoms with Crippen molar-refractivity contribution in [1.29, 1.82) is 0 Å². The summed E-state index contributed by atoms with van der Waals surface area (Å²) in [5, 5.41) is 2.13. The van der Waals surface area contributed by atoms with Crippen molar-refractivity contribution in [3.8, 4) is 0 Å². The smallest absolute Gasteiger partial charge is 1.00 e. The van der Waals surface area contributed by atoms with Crippen molar-refractivity contribution in [2.24, 2.45) is 0 Å². The van der Waals surface area contributed by atoms with E-state index in [-0.39, 0.29) is 57.0 Å². The normalized spacial score (nSPS) is 7.00. The molecule has 1 aromatic heterocycles. The van der Waals surface area contributed by atoms with Gasteiger partial charge >= 0.3 is 23.1 Å². The minimum Gasteiger partial charge on any atom is -1.00 e. The van der Waals surface area contributed by atoms with E-state index in [9.17, 15) is 0 Å². The minimum absolute atomic E-state index is 0. The second-order valence-electron chi connectivity index (χ2n) is 1.83. The van der Waals surface area contributed by atoms with E-state index in [1.165, 1.54) is 17.7 Å². The van der Waals surface area contributed by atoms with Crippen LogP contribution in [0.2, 0.25) is 0 Å². The molecule has 0 fully saturated rings. The van der Waals surface area contributed by atoms with Crippen molar-refractivity contribution in [3.05, 3.63) is 22.4 Å². The van der Waals surface area contributed by atoms with E-state index >= 15 is 0 Å². The van der Waals surface area contributed by atoms with Crippen molar-refractivity contribution in [3.63, 3.8) is 0 Å². The average Bonchev–Trinajstić information content (AvgIpc) is 2.19. The van der Waals surface area contributed by atoms with E-state index in [2.05, 4.69) is 24.4 Å². The number of rotatable bonds is 2. The van der Waals surface area contributed by atoms with Gasteiger partial charge in [0.05, 0.1) is 0 Å². The van der Waals surface area contributed by atoms with Gasteiger partial charge in [0.15, 0.2) is 0 Å². The Balaban J connectivity index is -0.000000213. The maximum atomic E-state index is 2.21. The van der Waals surface area contributed by atoms with Crippen LogP contribution in [0.3, 0.4) is 0 Å². The summed E-state index contributed by atoms with van der Waals surface area (Å²) in [7, 11) is 0. The molecule has 0 aliphatic rings. The molecule has 0 saturated carbocycles. The Bertz CT molecular complexity index is 142. The van der Waals surface area contributed by atoms with Gasteiger partial charge in [-0.2, -0.15) is 0 Å². The summed E-state index contributed by atoms with van der Waals surface area (Å²) in [6.07, 6.45) is 2.51. The number of thiophene rings is 1. The van der Waals surface area contributed by atoms with Crippen LogP contribution in [-0.4, -0.2) is 23.1 Å². The Morgan fingerprint density at radius 1 is 1.36 bits per heavy atom. The quantitative estimate of drug-likeness (QED) is 0.494. The molecular formula is C7H10Br2MgS. The van der Waals surface area contributed by atoms with Crippen LogP contribution >= 0.6 is 11.3 Å². The third kappa shape index (κ3) is 7.78. The maximum absolute atomic E-state index is 2.21. The van der Waals surface area contributed by atoms with Gasteiger partial charge in [0, 0.05) is 4.88 Å². The summed E-state index contributed by atoms with van der Waals surface area (Å²) in [6.45, 7) is 2.21. The molecule has 0 N–H and O–H groups in total. The van der Waals surface area contributed by atoms with Crippen LogP contribution in [0.1, 0.15) is 18.2 Å². The van der Waals surface area contributed by atoms with Crippen molar-refractivity contribution < 1.29 is 34.0 Å². The zero-order valence-electron chi connectivity index (χ0n) is 6.52. The molecule has 0 amide bonds. The first-order valence-corrected chi connectivity index (χ1v) is 3.84. The van der Waals surface area contributed by atoms with Gasteiger partial charge in [0.2, 0.25) is 0 Å². The second-order valence-corrected chi connectivity index (χ2v) is 2.86. The third-order valence-corrected chi connectivity index (χ3v) is 2.01. The molecule has 0 radical (unpaired) electrons. The Kier molecular flexibility index (Phi) is 19.0. The number of hydrogen-bond acceptors (Lipinski definition) is 1. The molecular weight excluding hydrogens is 300 g/mol. The molecule has 0 aromatic carbocycles. The van der Waals surface area contributed by atoms with E-state index in [1.54, 1.807) is 0 Å². The molecule has 0 aliphatic carbocycles. The summed E-state index contributed by atoms with van der Waals surface area (Å²) >= 11 is 1.85. The second kappa shape index (κ2) is 11.4. The van der Waals surface area contributed by atoms with E-state index in [0.717, 1.165) is 0 Å². The molecule has 0 atom stereocenters. The van der Waals surface area contributed by atoms with Gasteiger partial charge in [-0.05, 0) is 17.9 Å². The first kappa shape index (κ1) is 18.3. The molecule has 0 aliphatic heterocycles. The Labute approximate surface area is 109 Å². The summed E-state index contributed by atoms with van der Waals surface area (Å²) < 4.78 is 0. The fraction of sp³-hybridized carbons (Fsp3) is 0.429. The van der Waals surface area contributed by atoms with Crippen molar-refractivity contribution in [2.75, 3.05) is 0 Å². The molecule has 1 aromatic rings. The SMILES string of the molecule is CCCc1cccs1.[Br-].[Br-].[Mg+2]. The molecule has 0 saturated heterocycles. The van der Waals surface area contributed by atoms with Crippen LogP contribution in [0.15, 0.2) is 17.5 Å². The van der Waals surface area contributed by atoms with Gasteiger partial charge in [0.1, 0.15) is 0 Å². The largest absolute Gasteiger partial charge is 2.00 e. The topological polar surface area (TPSA) is 0 Å². The molecule has 4 heteroatoms. The average molecular weight is 310 g/mol. The molecule has 1 heterocycles. The summed E-state index contributed by atoms with van der Waals surface area (Å²) in [6, 6.07) is 4.30. The molecule has 0 bridgehead atoms. The van der Waals surface area contributed by atoms with E-state index in [0.29, 0.717) is 0 Å². The Morgan fingerprint density at radius 3 is 2.36 bits per heavy atom. The molecule has 0 unspecified atom stereocenters. The molecule has 11 heavy (non-hydrogen) atoms. The molecule has 0 nitrogen and oxygen atoms in total. The van der Waals surface area contributed by atoms with Crippen LogP contribution in [0.25, 0.3) is 0 Å². The van der Waals surface area contributed by atoms with Crippen LogP contribution in [0.4, 0.5) is 0 Å². The minimum atomic E-state index is 0. The number of halogens is 2. The van der Waals surface area contributed by atoms with Gasteiger partial charge in [-0.3, -0.25) is 0 Å². The fourth-order valence-corrected chi connectivity index (χ4v) is 1.51. The van der Waals surface area contributed by atoms with E-state index in [4.69, 9.17) is 0 Å². The predicted molar refractivity (Wildman–Crippen MR) is 44.1 cm³/mol. The van der Waals surface area contributed by atoms with E-state index in [1.807, 2.05) is 11.3 Å². The molecule has 60 valence electrons. The first-order chi connectivity index (χ1) is 3.93. The van der Waals surface area contributed by atoms with Gasteiger partial charge in [-0.15, -0.1) is 11.3 Å². The predicted octanol–water partition coefficient (Wildman–Crippen LogP) is -3.67. The summed E-state index contributed by atoms with van der Waals surface area (Å²) in [5.41, 5.74) is 0. The van der Waals surface area contributed by atoms with Gasteiger partial charge in [-0.25, -0.2) is 0 Å². The van der Waals surface area contributed by atoms with Gasteiger partial charge < -0.3 is 34.0 Å². The number of aryl methyl sites for hydroxylation is 1. The summed E-state index contributed by atoms with van der Waals surface area (Å²) in [5.74, 6) is 0. The van der Waals surface area contributed by atoms with E-state index < -0.39 is 0 Å². The summed E-state index contributed by atoms with van der Waals surface area (Å²) in [4.78, 5) is 1.51. The third-order valence-electron chi connectivity index (χ3n) is 1.08. The van der Waals surface area contributed by atoms with Crippen LogP contribution in [0.5, 0.6) is 0 Å². The first-order valence-electron chi connectivity index (χ1n) is 2.96. The van der Waals surface area contributed by atoms with Crippen molar-refractivity contribution in [2.45, 2.75) is 19.8 Å². The molecule has 0 spiro atoms. The van der Waals surface area contributed by atoms with Crippen LogP contribution in [0, 0.1) is 0 Å². The maximum Gasteiger partial charge on any atom is 2.00 e. The molecule has 1 rings (SSSR count). The van der Waals surface area contributed by atoms with Crippen molar-refractivity contribution >= 4 is 34.4 Å². The number of hydrogen-bond donors (Lipinski definition) is 0. The van der Waals surface area contributed by atoms with Crippen molar-refractivity contribution in [1.82, 2.24) is 0 Å². The Hall–Kier alpha value is 1.43. The van der Waals surface area contributed by atoms with Gasteiger partial charge in [-0.1, -0.05) is 19.4 Å². The standard InChI is InChI=1S/C7H10S.2BrH.Mg/c1-2-4-7-5-3-6-8-7;;;/h3,5-6H,2,4H2,1H3;2*1H;/q;;;+2/p-2. The fourth-order valence-electron chi connectivity index (χ4n) is 0.701.